The molecule has 0 saturated carbocycles. The average Bonchev–Trinajstić information content (AvgIpc) is 2.89. The molecule has 0 unspecified atom stereocenters. The molecule has 3 heteroatoms. The van der Waals surface area contributed by atoms with Crippen LogP contribution in [0.4, 0.5) is 0 Å². The Bertz CT molecular complexity index is 895. The van der Waals surface area contributed by atoms with Gasteiger partial charge in [0.05, 0.1) is 5.41 Å². The third kappa shape index (κ3) is 1.60. The van der Waals surface area contributed by atoms with Gasteiger partial charge in [-0.05, 0) is 69.0 Å². The second-order valence-electron chi connectivity index (χ2n) is 6.87. The summed E-state index contributed by atoms with van der Waals surface area (Å²) >= 11 is 0. The fourth-order valence-electron chi connectivity index (χ4n) is 4.15. The first kappa shape index (κ1) is 14.2. The Balaban J connectivity index is 2.05. The number of fused-ring (bicyclic) bond motifs is 3. The van der Waals surface area contributed by atoms with Crippen LogP contribution in [-0.2, 0) is 0 Å². The summed E-state index contributed by atoms with van der Waals surface area (Å²) in [5.74, 6) is -0.190. The molecule has 0 bridgehead atoms. The number of ketones is 2. The minimum Gasteiger partial charge on any atom is -0.508 e. The summed E-state index contributed by atoms with van der Waals surface area (Å²) in [6.07, 6.45) is 3.84. The van der Waals surface area contributed by atoms with Crippen molar-refractivity contribution in [3.8, 4) is 5.75 Å². The highest BCUT2D eigenvalue weighted by atomic mass is 16.3. The molecular weight excluding hydrogens is 288 g/mol. The predicted molar refractivity (Wildman–Crippen MR) is 87.6 cm³/mol. The van der Waals surface area contributed by atoms with Gasteiger partial charge in [-0.15, -0.1) is 0 Å². The summed E-state index contributed by atoms with van der Waals surface area (Å²) in [6.45, 7) is 5.93. The van der Waals surface area contributed by atoms with Crippen molar-refractivity contribution in [3.05, 3.63) is 63.3 Å². The lowest BCUT2D eigenvalue weighted by molar-refractivity contribution is 0.0830. The van der Waals surface area contributed by atoms with Crippen LogP contribution in [0.15, 0.2) is 52.1 Å². The summed E-state index contributed by atoms with van der Waals surface area (Å²) in [6, 6.07) is 4.44. The van der Waals surface area contributed by atoms with Gasteiger partial charge in [-0.1, -0.05) is 11.1 Å². The molecule has 1 N–H and O–H groups in total. The van der Waals surface area contributed by atoms with Crippen LogP contribution in [0.1, 0.15) is 54.3 Å². The van der Waals surface area contributed by atoms with E-state index in [1.165, 1.54) is 23.3 Å². The van der Waals surface area contributed by atoms with Gasteiger partial charge in [0.1, 0.15) is 5.75 Å². The molecule has 3 nitrogen and oxygen atoms in total. The summed E-state index contributed by atoms with van der Waals surface area (Å²) in [4.78, 5) is 26.2. The number of allylic oxidation sites excluding steroid dienone is 6. The first-order chi connectivity index (χ1) is 10.9. The van der Waals surface area contributed by atoms with Crippen LogP contribution >= 0.6 is 0 Å². The molecule has 0 radical (unpaired) electrons. The Hall–Kier alpha value is -2.42. The molecule has 0 amide bonds. The van der Waals surface area contributed by atoms with E-state index in [1.807, 2.05) is 19.9 Å². The number of benzene rings is 1. The molecule has 3 aliphatic rings. The van der Waals surface area contributed by atoms with E-state index in [1.54, 1.807) is 6.07 Å². The molecule has 0 aromatic heterocycles. The van der Waals surface area contributed by atoms with E-state index in [0.717, 1.165) is 24.0 Å². The highest BCUT2D eigenvalue weighted by Gasteiger charge is 2.50. The molecule has 0 saturated heterocycles. The van der Waals surface area contributed by atoms with Gasteiger partial charge in [-0.2, -0.15) is 0 Å². The minimum absolute atomic E-state index is 0.00845. The van der Waals surface area contributed by atoms with E-state index in [4.69, 9.17) is 0 Å². The summed E-state index contributed by atoms with van der Waals surface area (Å²) in [5.41, 5.74) is 5.00. The van der Waals surface area contributed by atoms with E-state index in [0.29, 0.717) is 16.7 Å². The number of Topliss-reactive ketones (excluding diaryl/α,β-unsaturated/α-hetero) is 2. The number of rotatable bonds is 0. The van der Waals surface area contributed by atoms with Crippen LogP contribution in [0.3, 0.4) is 0 Å². The van der Waals surface area contributed by atoms with Crippen LogP contribution in [0, 0.1) is 5.41 Å². The maximum Gasteiger partial charge on any atom is 0.191 e. The highest BCUT2D eigenvalue weighted by Crippen LogP contribution is 2.53. The molecule has 1 atom stereocenters. The molecule has 3 aliphatic carbocycles. The number of aromatic hydroxyl groups is 1. The fourth-order valence-corrected chi connectivity index (χ4v) is 4.15. The molecule has 0 spiro atoms. The molecule has 23 heavy (non-hydrogen) atoms. The molecular formula is C20H18O3. The largest absolute Gasteiger partial charge is 0.508 e. The zero-order chi connectivity index (χ0) is 16.5. The van der Waals surface area contributed by atoms with Gasteiger partial charge in [-0.3, -0.25) is 9.59 Å². The summed E-state index contributed by atoms with van der Waals surface area (Å²) in [7, 11) is 0. The van der Waals surface area contributed by atoms with Gasteiger partial charge in [0.2, 0.25) is 0 Å². The third-order valence-electron chi connectivity index (χ3n) is 5.76. The van der Waals surface area contributed by atoms with Gasteiger partial charge in [0.25, 0.3) is 0 Å². The normalized spacial score (nSPS) is 26.1. The Morgan fingerprint density at radius 2 is 1.83 bits per heavy atom. The van der Waals surface area contributed by atoms with E-state index in [-0.39, 0.29) is 17.3 Å². The van der Waals surface area contributed by atoms with Crippen LogP contribution in [0.5, 0.6) is 5.75 Å². The number of carbonyl (C=O) groups is 2. The first-order valence-corrected chi connectivity index (χ1v) is 7.90. The van der Waals surface area contributed by atoms with Gasteiger partial charge < -0.3 is 5.11 Å². The number of carbonyl (C=O) groups excluding carboxylic acids is 2. The fraction of sp³-hybridized carbons (Fsp3) is 0.300. The molecule has 1 aromatic carbocycles. The lowest BCUT2D eigenvalue weighted by Gasteiger charge is -2.40. The zero-order valence-electron chi connectivity index (χ0n) is 13.5. The topological polar surface area (TPSA) is 54.4 Å². The van der Waals surface area contributed by atoms with Gasteiger partial charge in [0, 0.05) is 16.7 Å². The SMILES string of the molecule is CC1=C2C=C3C(=O)c4cc(O)ccc4C(=O)[C@]3(C)C(C)=C2CC1. The quantitative estimate of drug-likeness (QED) is 0.783. The molecule has 116 valence electrons. The molecule has 0 fully saturated rings. The Kier molecular flexibility index (Phi) is 2.66. The molecule has 0 aliphatic heterocycles. The first-order valence-electron chi connectivity index (χ1n) is 7.90. The van der Waals surface area contributed by atoms with Crippen LogP contribution in [0.25, 0.3) is 0 Å². The predicted octanol–water partition coefficient (Wildman–Crippen LogP) is 4.14. The summed E-state index contributed by atoms with van der Waals surface area (Å²) < 4.78 is 0. The Labute approximate surface area is 135 Å². The number of hydrogen-bond acceptors (Lipinski definition) is 3. The van der Waals surface area contributed by atoms with Gasteiger partial charge in [-0.25, -0.2) is 0 Å². The molecule has 1 aromatic rings. The van der Waals surface area contributed by atoms with Crippen molar-refractivity contribution in [2.24, 2.45) is 5.41 Å². The standard InChI is InChI=1S/C20H18O3/c1-10-4-6-13-11(2)20(3)17(9-15(10)13)18(22)16-8-12(21)5-7-14(16)19(20)23/h5,7-9,21H,4,6H2,1-3H3/t20-/m1/s1. The lowest BCUT2D eigenvalue weighted by atomic mass is 9.60. The monoisotopic (exact) mass is 306 g/mol. The van der Waals surface area contributed by atoms with Crippen LogP contribution in [0.2, 0.25) is 0 Å². The van der Waals surface area contributed by atoms with Crippen LogP contribution < -0.4 is 0 Å². The van der Waals surface area contributed by atoms with E-state index in [2.05, 4.69) is 6.92 Å². The van der Waals surface area contributed by atoms with Crippen LogP contribution in [-0.4, -0.2) is 16.7 Å². The minimum atomic E-state index is -0.884. The third-order valence-corrected chi connectivity index (χ3v) is 5.76. The highest BCUT2D eigenvalue weighted by molar-refractivity contribution is 6.26. The van der Waals surface area contributed by atoms with Crippen molar-refractivity contribution in [3.63, 3.8) is 0 Å². The average molecular weight is 306 g/mol. The number of phenols is 1. The molecule has 0 heterocycles. The van der Waals surface area contributed by atoms with Crippen molar-refractivity contribution < 1.29 is 14.7 Å². The maximum absolute atomic E-state index is 13.2. The van der Waals surface area contributed by atoms with Crippen molar-refractivity contribution in [2.45, 2.75) is 33.6 Å². The van der Waals surface area contributed by atoms with Gasteiger partial charge >= 0.3 is 0 Å². The van der Waals surface area contributed by atoms with Crippen molar-refractivity contribution in [1.82, 2.24) is 0 Å². The van der Waals surface area contributed by atoms with Gasteiger partial charge in [0.15, 0.2) is 11.6 Å². The van der Waals surface area contributed by atoms with E-state index in [9.17, 15) is 14.7 Å². The number of hydrogen-bond donors (Lipinski definition) is 1. The van der Waals surface area contributed by atoms with Crippen molar-refractivity contribution in [1.29, 1.82) is 0 Å². The van der Waals surface area contributed by atoms with Crippen molar-refractivity contribution >= 4 is 11.6 Å². The Morgan fingerprint density at radius 1 is 1.09 bits per heavy atom. The lowest BCUT2D eigenvalue weighted by Crippen LogP contribution is -2.42. The Morgan fingerprint density at radius 3 is 2.57 bits per heavy atom. The maximum atomic E-state index is 13.2. The zero-order valence-corrected chi connectivity index (χ0v) is 13.5. The second-order valence-corrected chi connectivity index (χ2v) is 6.87. The molecule has 4 rings (SSSR count). The van der Waals surface area contributed by atoms with Crippen molar-refractivity contribution in [2.75, 3.05) is 0 Å². The second kappa shape index (κ2) is 4.31. The number of phenolic OH excluding ortho intramolecular Hbond substituents is 1. The summed E-state index contributed by atoms with van der Waals surface area (Å²) in [5, 5.41) is 9.70. The van der Waals surface area contributed by atoms with E-state index >= 15 is 0 Å². The van der Waals surface area contributed by atoms with E-state index < -0.39 is 5.41 Å². The smallest absolute Gasteiger partial charge is 0.191 e.